The number of benzene rings is 1. The van der Waals surface area contributed by atoms with Crippen LogP contribution in [0.4, 0.5) is 0 Å². The number of hydrogen-bond acceptors (Lipinski definition) is 4. The Hall–Kier alpha value is -1.85. The number of carbonyl (C=O) groups excluding carboxylic acids is 1. The number of hydrogen-bond donors (Lipinski definition) is 0. The van der Waals surface area contributed by atoms with Crippen LogP contribution in [-0.2, 0) is 9.47 Å². The summed E-state index contributed by atoms with van der Waals surface area (Å²) >= 11 is 0. The van der Waals surface area contributed by atoms with Crippen LogP contribution in [0.15, 0.2) is 28.7 Å². The number of furan rings is 1. The standard InChI is InChI=1S/C19H23NO4/c1-3-22-16-9-8-14-18(16)23-11-10-20(14)19(21)17-12(2)13-6-4-5-7-15(13)24-17/h4-7,14,16,18H,3,8-11H2,1-2H3/t14-,16+,18+/m0/s1. The zero-order chi connectivity index (χ0) is 16.7. The van der Waals surface area contributed by atoms with Crippen LogP contribution in [0.5, 0.6) is 0 Å². The van der Waals surface area contributed by atoms with E-state index in [1.807, 2.05) is 43.0 Å². The Morgan fingerprint density at radius 1 is 1.33 bits per heavy atom. The molecule has 5 heteroatoms. The molecule has 0 spiro atoms. The van der Waals surface area contributed by atoms with Crippen LogP contribution in [0.3, 0.4) is 0 Å². The summed E-state index contributed by atoms with van der Waals surface area (Å²) in [6.07, 6.45) is 1.92. The van der Waals surface area contributed by atoms with Gasteiger partial charge in [0.2, 0.25) is 0 Å². The van der Waals surface area contributed by atoms with E-state index in [4.69, 9.17) is 13.9 Å². The molecule has 2 fully saturated rings. The third-order valence-electron chi connectivity index (χ3n) is 5.21. The van der Waals surface area contributed by atoms with Crippen molar-refractivity contribution < 1.29 is 18.7 Å². The maximum Gasteiger partial charge on any atom is 0.290 e. The molecule has 1 aromatic carbocycles. The van der Waals surface area contributed by atoms with E-state index in [9.17, 15) is 4.79 Å². The topological polar surface area (TPSA) is 51.9 Å². The largest absolute Gasteiger partial charge is 0.451 e. The van der Waals surface area contributed by atoms with Gasteiger partial charge in [0.05, 0.1) is 18.8 Å². The third kappa shape index (κ3) is 2.43. The second-order valence-electron chi connectivity index (χ2n) is 6.52. The van der Waals surface area contributed by atoms with Gasteiger partial charge < -0.3 is 18.8 Å². The number of para-hydroxylation sites is 1. The van der Waals surface area contributed by atoms with E-state index >= 15 is 0 Å². The number of nitrogens with zero attached hydrogens (tertiary/aromatic N) is 1. The molecule has 3 atom stereocenters. The van der Waals surface area contributed by atoms with Crippen LogP contribution in [0, 0.1) is 6.92 Å². The summed E-state index contributed by atoms with van der Waals surface area (Å²) in [5.41, 5.74) is 1.68. The number of carbonyl (C=O) groups is 1. The molecule has 0 bridgehead atoms. The minimum Gasteiger partial charge on any atom is -0.451 e. The first-order chi connectivity index (χ1) is 11.7. The fourth-order valence-corrected chi connectivity index (χ4v) is 4.07. The van der Waals surface area contributed by atoms with Crippen molar-refractivity contribution in [1.82, 2.24) is 4.90 Å². The zero-order valence-electron chi connectivity index (χ0n) is 14.2. The molecular weight excluding hydrogens is 306 g/mol. The highest BCUT2D eigenvalue weighted by Gasteiger charge is 2.45. The summed E-state index contributed by atoms with van der Waals surface area (Å²) in [6, 6.07) is 7.87. The summed E-state index contributed by atoms with van der Waals surface area (Å²) < 4.78 is 17.6. The van der Waals surface area contributed by atoms with E-state index in [0.29, 0.717) is 25.5 Å². The second-order valence-corrected chi connectivity index (χ2v) is 6.52. The molecular formula is C19H23NO4. The van der Waals surface area contributed by atoms with Crippen molar-refractivity contribution in [3.8, 4) is 0 Å². The lowest BCUT2D eigenvalue weighted by Crippen LogP contribution is -2.53. The van der Waals surface area contributed by atoms with Gasteiger partial charge in [-0.3, -0.25) is 4.79 Å². The van der Waals surface area contributed by atoms with E-state index < -0.39 is 0 Å². The summed E-state index contributed by atoms with van der Waals surface area (Å²) in [7, 11) is 0. The monoisotopic (exact) mass is 329 g/mol. The fourth-order valence-electron chi connectivity index (χ4n) is 4.07. The average Bonchev–Trinajstić information content (AvgIpc) is 3.17. The lowest BCUT2D eigenvalue weighted by Gasteiger charge is -2.38. The van der Waals surface area contributed by atoms with E-state index in [1.165, 1.54) is 0 Å². The number of ether oxygens (including phenoxy) is 2. The molecule has 1 aliphatic carbocycles. The van der Waals surface area contributed by atoms with Crippen molar-refractivity contribution in [2.24, 2.45) is 0 Å². The van der Waals surface area contributed by atoms with Gasteiger partial charge in [0.1, 0.15) is 11.7 Å². The molecule has 1 saturated heterocycles. The normalized spacial score (nSPS) is 26.8. The van der Waals surface area contributed by atoms with E-state index in [2.05, 4.69) is 0 Å². The van der Waals surface area contributed by atoms with Gasteiger partial charge in [-0.2, -0.15) is 0 Å². The molecule has 128 valence electrons. The maximum atomic E-state index is 13.1. The molecule has 0 N–H and O–H groups in total. The number of rotatable bonds is 3. The maximum absolute atomic E-state index is 13.1. The second kappa shape index (κ2) is 6.22. The molecule has 0 unspecified atom stereocenters. The van der Waals surface area contributed by atoms with Crippen molar-refractivity contribution in [2.45, 2.75) is 44.9 Å². The molecule has 24 heavy (non-hydrogen) atoms. The van der Waals surface area contributed by atoms with Crippen LogP contribution in [-0.4, -0.2) is 48.8 Å². The Bertz CT molecular complexity index is 753. The first-order valence-electron chi connectivity index (χ1n) is 8.73. The molecule has 2 aromatic rings. The van der Waals surface area contributed by atoms with Crippen LogP contribution >= 0.6 is 0 Å². The Morgan fingerprint density at radius 3 is 2.96 bits per heavy atom. The van der Waals surface area contributed by atoms with Gasteiger partial charge in [-0.1, -0.05) is 18.2 Å². The summed E-state index contributed by atoms with van der Waals surface area (Å²) in [5, 5.41) is 1.00. The molecule has 1 amide bonds. The Morgan fingerprint density at radius 2 is 2.17 bits per heavy atom. The van der Waals surface area contributed by atoms with Crippen molar-refractivity contribution in [3.05, 3.63) is 35.6 Å². The van der Waals surface area contributed by atoms with Crippen LogP contribution in [0.25, 0.3) is 11.0 Å². The minimum absolute atomic E-state index is 0.0210. The Labute approximate surface area is 141 Å². The van der Waals surface area contributed by atoms with Crippen molar-refractivity contribution in [2.75, 3.05) is 19.8 Å². The summed E-state index contributed by atoms with van der Waals surface area (Å²) in [6.45, 7) is 5.78. The van der Waals surface area contributed by atoms with E-state index in [-0.39, 0.29) is 24.2 Å². The molecule has 2 aliphatic rings. The number of fused-ring (bicyclic) bond motifs is 2. The first kappa shape index (κ1) is 15.7. The first-order valence-corrected chi connectivity index (χ1v) is 8.73. The van der Waals surface area contributed by atoms with Gasteiger partial charge in [0, 0.05) is 24.1 Å². The van der Waals surface area contributed by atoms with Gasteiger partial charge in [-0.15, -0.1) is 0 Å². The highest BCUT2D eigenvalue weighted by atomic mass is 16.5. The predicted octanol–water partition coefficient (Wildman–Crippen LogP) is 3.15. The lowest BCUT2D eigenvalue weighted by molar-refractivity contribution is -0.103. The van der Waals surface area contributed by atoms with Gasteiger partial charge >= 0.3 is 0 Å². The van der Waals surface area contributed by atoms with Crippen molar-refractivity contribution in [3.63, 3.8) is 0 Å². The van der Waals surface area contributed by atoms with Crippen LogP contribution in [0.2, 0.25) is 0 Å². The lowest BCUT2D eigenvalue weighted by atomic mass is 10.1. The Kier molecular flexibility index (Phi) is 4.06. The van der Waals surface area contributed by atoms with Gasteiger partial charge in [0.15, 0.2) is 5.76 Å². The molecule has 5 nitrogen and oxygen atoms in total. The summed E-state index contributed by atoms with van der Waals surface area (Å²) in [5.74, 6) is 0.427. The molecule has 4 rings (SSSR count). The highest BCUT2D eigenvalue weighted by Crippen LogP contribution is 2.34. The fraction of sp³-hybridized carbons (Fsp3) is 0.526. The van der Waals surface area contributed by atoms with Crippen molar-refractivity contribution >= 4 is 16.9 Å². The SMILES string of the molecule is CCO[C@@H]1CC[C@H]2[C@H]1OCCN2C(=O)c1oc2ccccc2c1C. The quantitative estimate of drug-likeness (QED) is 0.868. The highest BCUT2D eigenvalue weighted by molar-refractivity contribution is 5.99. The van der Waals surface area contributed by atoms with Gasteiger partial charge in [-0.05, 0) is 32.8 Å². The average molecular weight is 329 g/mol. The van der Waals surface area contributed by atoms with Crippen LogP contribution in [0.1, 0.15) is 35.9 Å². The van der Waals surface area contributed by atoms with Crippen LogP contribution < -0.4 is 0 Å². The minimum atomic E-state index is -0.0286. The van der Waals surface area contributed by atoms with Crippen molar-refractivity contribution in [1.29, 1.82) is 0 Å². The molecule has 1 aliphatic heterocycles. The number of morpholine rings is 1. The molecule has 1 saturated carbocycles. The van der Waals surface area contributed by atoms with E-state index in [0.717, 1.165) is 29.4 Å². The Balaban J connectivity index is 1.62. The zero-order valence-corrected chi connectivity index (χ0v) is 14.2. The predicted molar refractivity (Wildman–Crippen MR) is 90.2 cm³/mol. The summed E-state index contributed by atoms with van der Waals surface area (Å²) in [4.78, 5) is 15.1. The molecule has 1 aromatic heterocycles. The number of aryl methyl sites for hydroxylation is 1. The molecule has 0 radical (unpaired) electrons. The van der Waals surface area contributed by atoms with Gasteiger partial charge in [0.25, 0.3) is 5.91 Å². The molecule has 2 heterocycles. The smallest absolute Gasteiger partial charge is 0.290 e. The third-order valence-corrected chi connectivity index (χ3v) is 5.21. The number of amides is 1. The van der Waals surface area contributed by atoms with Gasteiger partial charge in [-0.25, -0.2) is 0 Å². The van der Waals surface area contributed by atoms with E-state index in [1.54, 1.807) is 0 Å².